The van der Waals surface area contributed by atoms with Gasteiger partial charge in [-0.15, -0.1) is 11.3 Å². The average molecular weight is 315 g/mol. The molecule has 2 aromatic rings. The number of rotatable bonds is 6. The van der Waals surface area contributed by atoms with Gasteiger partial charge in [-0.25, -0.2) is 4.98 Å². The van der Waals surface area contributed by atoms with Crippen molar-refractivity contribution in [3.8, 4) is 0 Å². The van der Waals surface area contributed by atoms with Crippen molar-refractivity contribution in [2.24, 2.45) is 0 Å². The second-order valence-electron chi connectivity index (χ2n) is 3.64. The van der Waals surface area contributed by atoms with Gasteiger partial charge in [-0.3, -0.25) is 0 Å². The molecule has 0 aliphatic carbocycles. The number of nitrogens with zero attached hydrogens (tertiary/aromatic N) is 2. The Labute approximate surface area is 114 Å². The van der Waals surface area contributed by atoms with Gasteiger partial charge in [0.05, 0.1) is 6.61 Å². The van der Waals surface area contributed by atoms with Crippen LogP contribution in [0.5, 0.6) is 0 Å². The lowest BCUT2D eigenvalue weighted by atomic mass is 10.3. The SMILES string of the molecule is COCCN(CCBr)c1nccc2sccc12. The molecule has 0 aliphatic heterocycles. The van der Waals surface area contributed by atoms with E-state index in [1.54, 1.807) is 18.4 Å². The first-order valence-electron chi connectivity index (χ1n) is 5.49. The number of aromatic nitrogens is 1. The van der Waals surface area contributed by atoms with Crippen LogP contribution in [0.4, 0.5) is 5.82 Å². The summed E-state index contributed by atoms with van der Waals surface area (Å²) < 4.78 is 6.44. The summed E-state index contributed by atoms with van der Waals surface area (Å²) in [5.41, 5.74) is 0. The second kappa shape index (κ2) is 6.33. The van der Waals surface area contributed by atoms with Gasteiger partial charge in [-0.2, -0.15) is 0 Å². The highest BCUT2D eigenvalue weighted by molar-refractivity contribution is 9.09. The molecule has 0 amide bonds. The maximum atomic E-state index is 5.15. The summed E-state index contributed by atoms with van der Waals surface area (Å²) in [4.78, 5) is 6.76. The average Bonchev–Trinajstić information content (AvgIpc) is 2.82. The zero-order valence-corrected chi connectivity index (χ0v) is 12.1. The van der Waals surface area contributed by atoms with Crippen LogP contribution >= 0.6 is 27.3 Å². The number of methoxy groups -OCH3 is 1. The molecular formula is C12H15BrN2OS. The van der Waals surface area contributed by atoms with Gasteiger partial charge in [0, 0.05) is 41.8 Å². The zero-order valence-electron chi connectivity index (χ0n) is 9.73. The number of alkyl halides is 1. The van der Waals surface area contributed by atoms with E-state index in [9.17, 15) is 0 Å². The van der Waals surface area contributed by atoms with Crippen LogP contribution in [0, 0.1) is 0 Å². The van der Waals surface area contributed by atoms with E-state index in [4.69, 9.17) is 4.74 Å². The normalized spacial score (nSPS) is 10.9. The molecule has 3 nitrogen and oxygen atoms in total. The van der Waals surface area contributed by atoms with Crippen LogP contribution in [0.25, 0.3) is 10.1 Å². The van der Waals surface area contributed by atoms with E-state index in [2.05, 4.69) is 43.3 Å². The number of ether oxygens (including phenoxy) is 1. The Balaban J connectivity index is 2.30. The summed E-state index contributed by atoms with van der Waals surface area (Å²) in [6, 6.07) is 4.20. The van der Waals surface area contributed by atoms with Crippen LogP contribution in [-0.2, 0) is 4.74 Å². The molecule has 0 fully saturated rings. The highest BCUT2D eigenvalue weighted by atomic mass is 79.9. The fourth-order valence-corrected chi connectivity index (χ4v) is 2.96. The minimum atomic E-state index is 0.717. The first-order chi connectivity index (χ1) is 8.36. The molecule has 5 heteroatoms. The second-order valence-corrected chi connectivity index (χ2v) is 5.38. The Hall–Kier alpha value is -0.650. The Morgan fingerprint density at radius 2 is 2.29 bits per heavy atom. The minimum absolute atomic E-state index is 0.717. The lowest BCUT2D eigenvalue weighted by Gasteiger charge is -2.23. The molecule has 0 saturated carbocycles. The predicted molar refractivity (Wildman–Crippen MR) is 77.5 cm³/mol. The summed E-state index contributed by atoms with van der Waals surface area (Å²) in [5, 5.41) is 4.27. The first kappa shape index (κ1) is 12.8. The first-order valence-corrected chi connectivity index (χ1v) is 7.49. The van der Waals surface area contributed by atoms with Crippen molar-refractivity contribution in [1.82, 2.24) is 4.98 Å². The molecule has 2 heterocycles. The van der Waals surface area contributed by atoms with Crippen molar-refractivity contribution in [3.63, 3.8) is 0 Å². The molecule has 0 aromatic carbocycles. The lowest BCUT2D eigenvalue weighted by molar-refractivity contribution is 0.205. The van der Waals surface area contributed by atoms with Crippen LogP contribution in [0.3, 0.4) is 0 Å². The third-order valence-electron chi connectivity index (χ3n) is 2.58. The summed E-state index contributed by atoms with van der Waals surface area (Å²) in [6.07, 6.45) is 1.88. The summed E-state index contributed by atoms with van der Waals surface area (Å²) >= 11 is 5.24. The van der Waals surface area contributed by atoms with Gasteiger partial charge in [-0.05, 0) is 17.5 Å². The van der Waals surface area contributed by atoms with Crippen LogP contribution in [0.1, 0.15) is 0 Å². The molecule has 2 aromatic heterocycles. The van der Waals surface area contributed by atoms with Gasteiger partial charge in [0.15, 0.2) is 0 Å². The number of fused-ring (bicyclic) bond motifs is 1. The molecule has 92 valence electrons. The molecule has 0 aliphatic rings. The van der Waals surface area contributed by atoms with Crippen LogP contribution in [0.15, 0.2) is 23.7 Å². The molecule has 0 atom stereocenters. The highest BCUT2D eigenvalue weighted by Gasteiger charge is 2.11. The number of halogens is 1. The van der Waals surface area contributed by atoms with Crippen LogP contribution < -0.4 is 4.90 Å². The third-order valence-corrected chi connectivity index (χ3v) is 3.81. The number of pyridine rings is 1. The van der Waals surface area contributed by atoms with E-state index in [1.807, 2.05) is 6.20 Å². The van der Waals surface area contributed by atoms with E-state index in [1.165, 1.54) is 10.1 Å². The maximum Gasteiger partial charge on any atom is 0.137 e. The van der Waals surface area contributed by atoms with Gasteiger partial charge in [0.25, 0.3) is 0 Å². The molecule has 0 radical (unpaired) electrons. The van der Waals surface area contributed by atoms with Gasteiger partial charge >= 0.3 is 0 Å². The molecule has 17 heavy (non-hydrogen) atoms. The molecule has 2 rings (SSSR count). The van der Waals surface area contributed by atoms with E-state index in [-0.39, 0.29) is 0 Å². The Bertz CT molecular complexity index is 474. The summed E-state index contributed by atoms with van der Waals surface area (Å²) in [7, 11) is 1.73. The van der Waals surface area contributed by atoms with Crippen LogP contribution in [0.2, 0.25) is 0 Å². The molecule has 0 bridgehead atoms. The topological polar surface area (TPSA) is 25.4 Å². The van der Waals surface area contributed by atoms with Gasteiger partial charge in [0.1, 0.15) is 5.82 Å². The Morgan fingerprint density at radius 1 is 1.41 bits per heavy atom. The van der Waals surface area contributed by atoms with Crippen molar-refractivity contribution in [3.05, 3.63) is 23.7 Å². The number of thiophene rings is 1. The van der Waals surface area contributed by atoms with Crippen molar-refractivity contribution < 1.29 is 4.74 Å². The summed E-state index contributed by atoms with van der Waals surface area (Å²) in [6.45, 7) is 2.52. The minimum Gasteiger partial charge on any atom is -0.383 e. The molecule has 0 spiro atoms. The third kappa shape index (κ3) is 2.97. The van der Waals surface area contributed by atoms with Gasteiger partial charge in [0.2, 0.25) is 0 Å². The van der Waals surface area contributed by atoms with E-state index >= 15 is 0 Å². The quantitative estimate of drug-likeness (QED) is 0.766. The number of hydrogen-bond acceptors (Lipinski definition) is 4. The van der Waals surface area contributed by atoms with E-state index in [0.717, 1.165) is 30.8 Å². The molecule has 0 N–H and O–H groups in total. The van der Waals surface area contributed by atoms with Crippen LogP contribution in [-0.4, -0.2) is 37.1 Å². The smallest absolute Gasteiger partial charge is 0.137 e. The monoisotopic (exact) mass is 314 g/mol. The van der Waals surface area contributed by atoms with Crippen molar-refractivity contribution in [1.29, 1.82) is 0 Å². The Morgan fingerprint density at radius 3 is 3.06 bits per heavy atom. The summed E-state index contributed by atoms with van der Waals surface area (Å²) in [5.74, 6) is 1.06. The van der Waals surface area contributed by atoms with E-state index < -0.39 is 0 Å². The zero-order chi connectivity index (χ0) is 12.1. The van der Waals surface area contributed by atoms with Crippen molar-refractivity contribution >= 4 is 43.2 Å². The van der Waals surface area contributed by atoms with Crippen molar-refractivity contribution in [2.75, 3.05) is 37.0 Å². The predicted octanol–water partition coefficient (Wildman–Crippen LogP) is 3.14. The number of anilines is 1. The molecule has 0 unspecified atom stereocenters. The van der Waals surface area contributed by atoms with Crippen molar-refractivity contribution in [2.45, 2.75) is 0 Å². The highest BCUT2D eigenvalue weighted by Crippen LogP contribution is 2.28. The fraction of sp³-hybridized carbons (Fsp3) is 0.417. The van der Waals surface area contributed by atoms with E-state index in [0.29, 0.717) is 0 Å². The standard InChI is InChI=1S/C12H15BrN2OS/c1-16-8-7-15(6-4-13)12-10-3-9-17-11(10)2-5-14-12/h2-3,5,9H,4,6-8H2,1H3. The number of hydrogen-bond donors (Lipinski definition) is 0. The fourth-order valence-electron chi connectivity index (χ4n) is 1.76. The largest absolute Gasteiger partial charge is 0.383 e. The van der Waals surface area contributed by atoms with Gasteiger partial charge in [-0.1, -0.05) is 15.9 Å². The van der Waals surface area contributed by atoms with Gasteiger partial charge < -0.3 is 9.64 Å². The lowest BCUT2D eigenvalue weighted by Crippen LogP contribution is -2.29. The Kier molecular flexibility index (Phi) is 4.76. The molecular weight excluding hydrogens is 300 g/mol. The molecule has 0 saturated heterocycles. The maximum absolute atomic E-state index is 5.15.